The fraction of sp³-hybridized carbons (Fsp3) is 0.364. The molecule has 0 saturated carbocycles. The maximum atomic E-state index is 10.9. The maximum Gasteiger partial charge on any atom is 0.308 e. The molecule has 1 aromatic rings. The summed E-state index contributed by atoms with van der Waals surface area (Å²) in [5, 5.41) is 0. The second-order valence-corrected chi connectivity index (χ2v) is 4.98. The molecular weight excluding hydrogens is 354 g/mol. The highest BCUT2D eigenvalue weighted by Crippen LogP contribution is 2.34. The van der Waals surface area contributed by atoms with Gasteiger partial charge in [0.15, 0.2) is 0 Å². The van der Waals surface area contributed by atoms with Crippen molar-refractivity contribution >= 4 is 37.8 Å². The van der Waals surface area contributed by atoms with Crippen molar-refractivity contribution in [3.8, 4) is 5.75 Å². The molecule has 0 spiro atoms. The molecule has 0 fully saturated rings. The van der Waals surface area contributed by atoms with Gasteiger partial charge in [0.2, 0.25) is 0 Å². The highest BCUT2D eigenvalue weighted by molar-refractivity contribution is 9.11. The van der Waals surface area contributed by atoms with Crippen molar-refractivity contribution in [2.75, 3.05) is 13.7 Å². The Morgan fingerprint density at radius 1 is 1.35 bits per heavy atom. The molecule has 6 heteroatoms. The second kappa shape index (κ2) is 6.98. The summed E-state index contributed by atoms with van der Waals surface area (Å²) in [7, 11) is 1.35. The van der Waals surface area contributed by atoms with Crippen LogP contribution in [0, 0.1) is 0 Å². The molecule has 0 amide bonds. The predicted molar refractivity (Wildman–Crippen MR) is 71.9 cm³/mol. The quantitative estimate of drug-likeness (QED) is 0.813. The van der Waals surface area contributed by atoms with E-state index in [-0.39, 0.29) is 19.0 Å². The lowest BCUT2D eigenvalue weighted by molar-refractivity contribution is -0.141. The summed E-state index contributed by atoms with van der Waals surface area (Å²) in [5.41, 5.74) is 6.54. The monoisotopic (exact) mass is 365 g/mol. The van der Waals surface area contributed by atoms with E-state index in [4.69, 9.17) is 10.5 Å². The first-order valence-electron chi connectivity index (χ1n) is 4.96. The van der Waals surface area contributed by atoms with Gasteiger partial charge in [0.05, 0.1) is 29.1 Å². The van der Waals surface area contributed by atoms with E-state index >= 15 is 0 Å². The van der Waals surface area contributed by atoms with Gasteiger partial charge in [-0.05, 0) is 49.6 Å². The summed E-state index contributed by atoms with van der Waals surface area (Å²) < 4.78 is 11.6. The molecule has 0 aliphatic carbocycles. The van der Waals surface area contributed by atoms with Crippen LogP contribution in [0.5, 0.6) is 5.75 Å². The van der Waals surface area contributed by atoms with Gasteiger partial charge < -0.3 is 15.2 Å². The van der Waals surface area contributed by atoms with Crippen molar-refractivity contribution in [2.45, 2.75) is 13.0 Å². The minimum absolute atomic E-state index is 0.216. The van der Waals surface area contributed by atoms with Crippen LogP contribution in [0.25, 0.3) is 0 Å². The zero-order valence-corrected chi connectivity index (χ0v) is 12.5. The Morgan fingerprint density at radius 2 is 1.94 bits per heavy atom. The normalized spacial score (nSPS) is 10.1. The van der Waals surface area contributed by atoms with Crippen LogP contribution in [0.1, 0.15) is 12.0 Å². The molecule has 0 unspecified atom stereocenters. The van der Waals surface area contributed by atoms with Crippen molar-refractivity contribution in [3.05, 3.63) is 26.6 Å². The van der Waals surface area contributed by atoms with Gasteiger partial charge in [-0.1, -0.05) is 0 Å². The van der Waals surface area contributed by atoms with Gasteiger partial charge in [-0.3, -0.25) is 4.79 Å². The molecule has 1 aromatic carbocycles. The topological polar surface area (TPSA) is 61.5 Å². The molecule has 4 nitrogen and oxygen atoms in total. The van der Waals surface area contributed by atoms with Gasteiger partial charge in [0.25, 0.3) is 0 Å². The Labute approximate surface area is 117 Å². The first-order valence-corrected chi connectivity index (χ1v) is 6.54. The lowest BCUT2D eigenvalue weighted by atomic mass is 10.2. The van der Waals surface area contributed by atoms with Crippen LogP contribution >= 0.6 is 31.9 Å². The molecule has 17 heavy (non-hydrogen) atoms. The Hall–Kier alpha value is -0.590. The lowest BCUT2D eigenvalue weighted by Gasteiger charge is -2.11. The van der Waals surface area contributed by atoms with Crippen molar-refractivity contribution in [3.63, 3.8) is 0 Å². The summed E-state index contributed by atoms with van der Waals surface area (Å²) in [4.78, 5) is 10.9. The number of hydrogen-bond donors (Lipinski definition) is 1. The molecule has 0 bridgehead atoms. The fourth-order valence-corrected chi connectivity index (χ4v) is 2.72. The van der Waals surface area contributed by atoms with Crippen LogP contribution in [-0.2, 0) is 16.1 Å². The van der Waals surface area contributed by atoms with Crippen LogP contribution in [0.3, 0.4) is 0 Å². The molecule has 0 aromatic heterocycles. The third-order valence-corrected chi connectivity index (χ3v) is 3.25. The van der Waals surface area contributed by atoms with Crippen molar-refractivity contribution in [2.24, 2.45) is 5.73 Å². The van der Waals surface area contributed by atoms with Gasteiger partial charge in [-0.2, -0.15) is 0 Å². The first kappa shape index (κ1) is 14.5. The molecule has 2 N–H and O–H groups in total. The van der Waals surface area contributed by atoms with E-state index < -0.39 is 0 Å². The van der Waals surface area contributed by atoms with Crippen LogP contribution in [0.2, 0.25) is 0 Å². The summed E-state index contributed by atoms with van der Waals surface area (Å²) in [6, 6.07) is 3.77. The molecule has 0 aliphatic heterocycles. The standard InChI is InChI=1S/C11H13Br2NO3/c1-16-10(15)2-3-17-11-8(12)4-7(6-14)5-9(11)13/h4-5H,2-3,6,14H2,1H3. The van der Waals surface area contributed by atoms with E-state index in [1.165, 1.54) is 7.11 Å². The van der Waals surface area contributed by atoms with Crippen LogP contribution in [-0.4, -0.2) is 19.7 Å². The average molecular weight is 367 g/mol. The third-order valence-electron chi connectivity index (χ3n) is 2.07. The van der Waals surface area contributed by atoms with Crippen molar-refractivity contribution in [1.82, 2.24) is 0 Å². The molecular formula is C11H13Br2NO3. The molecule has 0 radical (unpaired) electrons. The van der Waals surface area contributed by atoms with Gasteiger partial charge in [-0.25, -0.2) is 0 Å². The number of hydrogen-bond acceptors (Lipinski definition) is 4. The SMILES string of the molecule is COC(=O)CCOc1c(Br)cc(CN)cc1Br. The number of esters is 1. The number of rotatable bonds is 5. The van der Waals surface area contributed by atoms with E-state index in [1.54, 1.807) is 0 Å². The lowest BCUT2D eigenvalue weighted by Crippen LogP contribution is -2.08. The largest absolute Gasteiger partial charge is 0.491 e. The number of carbonyl (C=O) groups is 1. The van der Waals surface area contributed by atoms with Gasteiger partial charge in [-0.15, -0.1) is 0 Å². The summed E-state index contributed by atoms with van der Waals surface area (Å²) >= 11 is 6.79. The fourth-order valence-electron chi connectivity index (χ4n) is 1.21. The van der Waals surface area contributed by atoms with E-state index in [0.717, 1.165) is 14.5 Å². The Balaban J connectivity index is 2.68. The summed E-state index contributed by atoms with van der Waals surface area (Å²) in [6.45, 7) is 0.728. The van der Waals surface area contributed by atoms with E-state index in [9.17, 15) is 4.79 Å². The average Bonchev–Trinajstić information content (AvgIpc) is 2.31. The molecule has 0 aliphatic rings. The van der Waals surface area contributed by atoms with E-state index in [2.05, 4.69) is 36.6 Å². The summed E-state index contributed by atoms with van der Waals surface area (Å²) in [6.07, 6.45) is 0.216. The Bertz CT molecular complexity index is 387. The smallest absolute Gasteiger partial charge is 0.308 e. The van der Waals surface area contributed by atoms with E-state index in [1.807, 2.05) is 12.1 Å². The summed E-state index contributed by atoms with van der Waals surface area (Å²) in [5.74, 6) is 0.363. The second-order valence-electron chi connectivity index (χ2n) is 3.27. The highest BCUT2D eigenvalue weighted by Gasteiger charge is 2.09. The molecule has 1 rings (SSSR count). The number of benzene rings is 1. The minimum Gasteiger partial charge on any atom is -0.491 e. The number of carbonyl (C=O) groups excluding carboxylic acids is 1. The number of halogens is 2. The van der Waals surface area contributed by atoms with Crippen LogP contribution in [0.15, 0.2) is 21.1 Å². The zero-order valence-electron chi connectivity index (χ0n) is 9.33. The van der Waals surface area contributed by atoms with Crippen LogP contribution < -0.4 is 10.5 Å². The van der Waals surface area contributed by atoms with E-state index in [0.29, 0.717) is 12.3 Å². The highest BCUT2D eigenvalue weighted by atomic mass is 79.9. The van der Waals surface area contributed by atoms with Gasteiger partial charge >= 0.3 is 5.97 Å². The molecule has 0 saturated heterocycles. The van der Waals surface area contributed by atoms with Crippen LogP contribution in [0.4, 0.5) is 0 Å². The zero-order chi connectivity index (χ0) is 12.8. The Kier molecular flexibility index (Phi) is 5.94. The Morgan fingerprint density at radius 3 is 2.41 bits per heavy atom. The van der Waals surface area contributed by atoms with Gasteiger partial charge in [0, 0.05) is 6.54 Å². The first-order chi connectivity index (χ1) is 8.08. The van der Waals surface area contributed by atoms with Crippen molar-refractivity contribution in [1.29, 1.82) is 0 Å². The predicted octanol–water partition coefficient (Wildman–Crippen LogP) is 2.61. The molecule has 0 atom stereocenters. The number of ether oxygens (including phenoxy) is 2. The third kappa shape index (κ3) is 4.29. The number of nitrogens with two attached hydrogens (primary N) is 1. The molecule has 94 valence electrons. The minimum atomic E-state index is -0.296. The van der Waals surface area contributed by atoms with Crippen molar-refractivity contribution < 1.29 is 14.3 Å². The molecule has 0 heterocycles. The van der Waals surface area contributed by atoms with Gasteiger partial charge in [0.1, 0.15) is 5.75 Å². The maximum absolute atomic E-state index is 10.9. The number of methoxy groups -OCH3 is 1.